The second-order valence-corrected chi connectivity index (χ2v) is 6.10. The Bertz CT molecular complexity index is 379. The Hall–Kier alpha value is -0.980. The van der Waals surface area contributed by atoms with Gasteiger partial charge < -0.3 is 5.32 Å². The van der Waals surface area contributed by atoms with Crippen molar-refractivity contribution in [2.45, 2.75) is 65.8 Å². The number of hydrogen-bond acceptors (Lipinski definition) is 1. The molecule has 1 heteroatoms. The molecule has 0 heterocycles. The smallest absolute Gasteiger partial charge is 0.0401 e. The first-order chi connectivity index (χ1) is 8.58. The maximum Gasteiger partial charge on any atom is 0.0401 e. The molecule has 1 saturated carbocycles. The fraction of sp³-hybridized carbons (Fsp3) is 0.647. The van der Waals surface area contributed by atoms with E-state index >= 15 is 0 Å². The van der Waals surface area contributed by atoms with E-state index in [1.165, 1.54) is 54.5 Å². The van der Waals surface area contributed by atoms with Crippen LogP contribution in [0.5, 0.6) is 0 Å². The van der Waals surface area contributed by atoms with Crippen molar-refractivity contribution in [3.63, 3.8) is 0 Å². The van der Waals surface area contributed by atoms with E-state index in [-0.39, 0.29) is 0 Å². The van der Waals surface area contributed by atoms with Crippen molar-refractivity contribution < 1.29 is 0 Å². The molecule has 0 spiro atoms. The zero-order chi connectivity index (χ0) is 13.1. The molecule has 1 aliphatic carbocycles. The normalized spacial score (nSPS) is 18.7. The van der Waals surface area contributed by atoms with Crippen LogP contribution in [0, 0.1) is 26.7 Å². The molecule has 1 aliphatic rings. The summed E-state index contributed by atoms with van der Waals surface area (Å²) < 4.78 is 0. The average Bonchev–Trinajstić information content (AvgIpc) is 2.34. The first-order valence-corrected chi connectivity index (χ1v) is 7.42. The molecule has 0 radical (unpaired) electrons. The third-order valence-corrected chi connectivity index (χ3v) is 4.41. The summed E-state index contributed by atoms with van der Waals surface area (Å²) in [5, 5.41) is 3.78. The van der Waals surface area contributed by atoms with Crippen molar-refractivity contribution in [1.82, 2.24) is 0 Å². The molecule has 1 unspecified atom stereocenters. The minimum Gasteiger partial charge on any atom is -0.382 e. The lowest BCUT2D eigenvalue weighted by molar-refractivity contribution is 0.328. The Morgan fingerprint density at radius 2 is 1.56 bits per heavy atom. The number of nitrogens with one attached hydrogen (secondary N) is 1. The molecule has 1 atom stereocenters. The number of hydrogen-bond donors (Lipinski definition) is 1. The van der Waals surface area contributed by atoms with Gasteiger partial charge in [-0.3, -0.25) is 0 Å². The molecule has 1 fully saturated rings. The lowest BCUT2D eigenvalue weighted by Gasteiger charge is -2.30. The first kappa shape index (κ1) is 13.5. The van der Waals surface area contributed by atoms with Gasteiger partial charge in [0.1, 0.15) is 0 Å². The van der Waals surface area contributed by atoms with E-state index in [0.717, 1.165) is 5.92 Å². The predicted molar refractivity (Wildman–Crippen MR) is 80.3 cm³/mol. The van der Waals surface area contributed by atoms with Crippen molar-refractivity contribution in [3.05, 3.63) is 28.8 Å². The fourth-order valence-electron chi connectivity index (χ4n) is 3.39. The Morgan fingerprint density at radius 1 is 1.00 bits per heavy atom. The van der Waals surface area contributed by atoms with Gasteiger partial charge in [-0.25, -0.2) is 0 Å². The molecule has 0 saturated heterocycles. The fourth-order valence-corrected chi connectivity index (χ4v) is 3.39. The lowest BCUT2D eigenvalue weighted by atomic mass is 9.84. The summed E-state index contributed by atoms with van der Waals surface area (Å²) in [6, 6.07) is 5.16. The first-order valence-electron chi connectivity index (χ1n) is 7.42. The van der Waals surface area contributed by atoms with Gasteiger partial charge in [0.15, 0.2) is 0 Å². The third kappa shape index (κ3) is 3.07. The van der Waals surface area contributed by atoms with Crippen LogP contribution in [0.2, 0.25) is 0 Å². The van der Waals surface area contributed by atoms with Gasteiger partial charge >= 0.3 is 0 Å². The van der Waals surface area contributed by atoms with Crippen LogP contribution in [-0.2, 0) is 0 Å². The number of benzene rings is 1. The second-order valence-electron chi connectivity index (χ2n) is 6.10. The summed E-state index contributed by atoms with van der Waals surface area (Å²) in [4.78, 5) is 0. The maximum atomic E-state index is 3.78. The third-order valence-electron chi connectivity index (χ3n) is 4.41. The van der Waals surface area contributed by atoms with Gasteiger partial charge in [0.2, 0.25) is 0 Å². The van der Waals surface area contributed by atoms with E-state index < -0.39 is 0 Å². The molecule has 1 aromatic rings. The van der Waals surface area contributed by atoms with Crippen molar-refractivity contribution in [3.8, 4) is 0 Å². The lowest BCUT2D eigenvalue weighted by Crippen LogP contribution is -2.28. The van der Waals surface area contributed by atoms with E-state index in [4.69, 9.17) is 0 Å². The van der Waals surface area contributed by atoms with Gasteiger partial charge in [-0.05, 0) is 57.6 Å². The Morgan fingerprint density at radius 3 is 2.11 bits per heavy atom. The molecule has 1 nitrogen and oxygen atoms in total. The van der Waals surface area contributed by atoms with Gasteiger partial charge in [-0.2, -0.15) is 0 Å². The number of aryl methyl sites for hydroxylation is 3. The quantitative estimate of drug-likeness (QED) is 0.791. The maximum absolute atomic E-state index is 3.78. The van der Waals surface area contributed by atoms with Crippen LogP contribution in [0.1, 0.15) is 55.7 Å². The molecule has 100 valence electrons. The van der Waals surface area contributed by atoms with Crippen LogP contribution in [0.15, 0.2) is 12.1 Å². The molecule has 0 aromatic heterocycles. The highest BCUT2D eigenvalue weighted by Gasteiger charge is 2.20. The van der Waals surface area contributed by atoms with Gasteiger partial charge in [-0.1, -0.05) is 37.0 Å². The summed E-state index contributed by atoms with van der Waals surface area (Å²) in [6.07, 6.45) is 7.08. The van der Waals surface area contributed by atoms with Crippen molar-refractivity contribution >= 4 is 5.69 Å². The van der Waals surface area contributed by atoms with Gasteiger partial charge in [0.05, 0.1) is 0 Å². The van der Waals surface area contributed by atoms with Crippen LogP contribution in [0.4, 0.5) is 5.69 Å². The highest BCUT2D eigenvalue weighted by atomic mass is 14.9. The molecule has 2 rings (SSSR count). The van der Waals surface area contributed by atoms with E-state index in [0.29, 0.717) is 6.04 Å². The predicted octanol–water partition coefficient (Wildman–Crippen LogP) is 4.99. The standard InChI is InChI=1S/C17H27N/c1-12-10-13(2)17(14(3)11-12)18-15(4)16-8-6-5-7-9-16/h10-11,15-16,18H,5-9H2,1-4H3. The topological polar surface area (TPSA) is 12.0 Å². The molecule has 0 bridgehead atoms. The van der Waals surface area contributed by atoms with Crippen LogP contribution < -0.4 is 5.32 Å². The molecular formula is C17H27N. The minimum absolute atomic E-state index is 0.602. The highest BCUT2D eigenvalue weighted by Crippen LogP contribution is 2.30. The van der Waals surface area contributed by atoms with Crippen molar-refractivity contribution in [2.24, 2.45) is 5.92 Å². The van der Waals surface area contributed by atoms with Gasteiger partial charge in [0.25, 0.3) is 0 Å². The van der Waals surface area contributed by atoms with Crippen LogP contribution in [0.25, 0.3) is 0 Å². The number of rotatable bonds is 3. The Balaban J connectivity index is 2.08. The van der Waals surface area contributed by atoms with E-state index in [9.17, 15) is 0 Å². The second kappa shape index (κ2) is 5.77. The summed E-state index contributed by atoms with van der Waals surface area (Å²) in [7, 11) is 0. The summed E-state index contributed by atoms with van der Waals surface area (Å²) >= 11 is 0. The Labute approximate surface area is 112 Å². The van der Waals surface area contributed by atoms with Gasteiger partial charge in [-0.15, -0.1) is 0 Å². The van der Waals surface area contributed by atoms with E-state index in [1.807, 2.05) is 0 Å². The molecule has 0 amide bonds. The van der Waals surface area contributed by atoms with Crippen molar-refractivity contribution in [1.29, 1.82) is 0 Å². The Kier molecular flexibility index (Phi) is 4.31. The zero-order valence-electron chi connectivity index (χ0n) is 12.3. The molecule has 1 aromatic carbocycles. The summed E-state index contributed by atoms with van der Waals surface area (Å²) in [6.45, 7) is 8.97. The van der Waals surface area contributed by atoms with Gasteiger partial charge in [0, 0.05) is 11.7 Å². The minimum atomic E-state index is 0.602. The summed E-state index contributed by atoms with van der Waals surface area (Å²) in [5.41, 5.74) is 5.49. The summed E-state index contributed by atoms with van der Waals surface area (Å²) in [5.74, 6) is 0.860. The SMILES string of the molecule is Cc1cc(C)c(NC(C)C2CCCCC2)c(C)c1. The largest absolute Gasteiger partial charge is 0.382 e. The molecular weight excluding hydrogens is 218 g/mol. The average molecular weight is 245 g/mol. The molecule has 0 aliphatic heterocycles. The number of anilines is 1. The zero-order valence-corrected chi connectivity index (χ0v) is 12.3. The monoisotopic (exact) mass is 245 g/mol. The van der Waals surface area contributed by atoms with E-state index in [2.05, 4.69) is 45.1 Å². The van der Waals surface area contributed by atoms with Crippen molar-refractivity contribution in [2.75, 3.05) is 5.32 Å². The van der Waals surface area contributed by atoms with Crippen LogP contribution in [-0.4, -0.2) is 6.04 Å². The molecule has 1 N–H and O–H groups in total. The van der Waals surface area contributed by atoms with Crippen LogP contribution in [0.3, 0.4) is 0 Å². The highest BCUT2D eigenvalue weighted by molar-refractivity contribution is 5.58. The molecule has 18 heavy (non-hydrogen) atoms. The van der Waals surface area contributed by atoms with Crippen LogP contribution >= 0.6 is 0 Å². The van der Waals surface area contributed by atoms with E-state index in [1.54, 1.807) is 0 Å².